The van der Waals surface area contributed by atoms with Crippen LogP contribution in [0, 0.1) is 0 Å². The van der Waals surface area contributed by atoms with E-state index >= 15 is 0 Å². The Hall–Kier alpha value is -2.63. The van der Waals surface area contributed by atoms with Gasteiger partial charge >= 0.3 is 0 Å². The standard InChI is InChI=1S/C14H15N5O/c1-2-6-11-9-12(20)19-14(16-11)17-13(18-19)15-10-7-4-3-5-8-10/h3-5,7-9H,2,6H2,1H3,(H2,15,16,17,18). The lowest BCUT2D eigenvalue weighted by Crippen LogP contribution is -2.15. The first-order valence-electron chi connectivity index (χ1n) is 6.57. The molecule has 0 saturated heterocycles. The summed E-state index contributed by atoms with van der Waals surface area (Å²) < 4.78 is 1.34. The van der Waals surface area contributed by atoms with Gasteiger partial charge < -0.3 is 5.32 Å². The van der Waals surface area contributed by atoms with Gasteiger partial charge in [-0.15, -0.1) is 0 Å². The Morgan fingerprint density at radius 3 is 2.80 bits per heavy atom. The number of aromatic nitrogens is 4. The third kappa shape index (κ3) is 2.40. The fraction of sp³-hybridized carbons (Fsp3) is 0.214. The highest BCUT2D eigenvalue weighted by Gasteiger charge is 2.07. The summed E-state index contributed by atoms with van der Waals surface area (Å²) >= 11 is 0. The molecular formula is C14H15N5O. The van der Waals surface area contributed by atoms with Crippen molar-refractivity contribution in [3.8, 4) is 0 Å². The van der Waals surface area contributed by atoms with Crippen molar-refractivity contribution >= 4 is 17.4 Å². The summed E-state index contributed by atoms with van der Waals surface area (Å²) in [7, 11) is 0. The number of aromatic amines is 1. The van der Waals surface area contributed by atoms with Gasteiger partial charge in [0.05, 0.1) is 5.69 Å². The lowest BCUT2D eigenvalue weighted by molar-refractivity contribution is 0.838. The quantitative estimate of drug-likeness (QED) is 0.760. The maximum Gasteiger partial charge on any atom is 0.274 e. The summed E-state index contributed by atoms with van der Waals surface area (Å²) in [4.78, 5) is 20.6. The molecule has 0 bridgehead atoms. The van der Waals surface area contributed by atoms with Gasteiger partial charge in [0.15, 0.2) is 0 Å². The van der Waals surface area contributed by atoms with Crippen LogP contribution < -0.4 is 10.9 Å². The van der Waals surface area contributed by atoms with E-state index in [4.69, 9.17) is 0 Å². The summed E-state index contributed by atoms with van der Waals surface area (Å²) in [6, 6.07) is 11.2. The minimum atomic E-state index is -0.146. The number of aryl methyl sites for hydroxylation is 1. The van der Waals surface area contributed by atoms with Gasteiger partial charge in [0.1, 0.15) is 0 Å². The summed E-state index contributed by atoms with van der Waals surface area (Å²) in [5, 5.41) is 6.01. The number of nitrogens with one attached hydrogen (secondary N) is 2. The largest absolute Gasteiger partial charge is 0.325 e. The van der Waals surface area contributed by atoms with E-state index in [9.17, 15) is 4.79 Å². The number of hydrogen-bond acceptors (Lipinski definition) is 4. The first-order chi connectivity index (χ1) is 9.76. The molecule has 3 rings (SSSR count). The highest BCUT2D eigenvalue weighted by atomic mass is 16.1. The molecule has 2 heterocycles. The summed E-state index contributed by atoms with van der Waals surface area (Å²) in [6.07, 6.45) is 1.72. The zero-order valence-electron chi connectivity index (χ0n) is 11.1. The maximum atomic E-state index is 12.0. The van der Waals surface area contributed by atoms with Crippen molar-refractivity contribution < 1.29 is 0 Å². The van der Waals surface area contributed by atoms with E-state index in [2.05, 4.69) is 27.3 Å². The Kier molecular flexibility index (Phi) is 3.20. The molecule has 2 aromatic heterocycles. The van der Waals surface area contributed by atoms with E-state index < -0.39 is 0 Å². The average molecular weight is 269 g/mol. The molecule has 0 radical (unpaired) electrons. The molecule has 0 fully saturated rings. The van der Waals surface area contributed by atoms with Crippen LogP contribution in [0.5, 0.6) is 0 Å². The van der Waals surface area contributed by atoms with Gasteiger partial charge in [-0.2, -0.15) is 9.50 Å². The van der Waals surface area contributed by atoms with Crippen molar-refractivity contribution in [1.82, 2.24) is 19.6 Å². The van der Waals surface area contributed by atoms with Crippen molar-refractivity contribution in [2.75, 3.05) is 5.32 Å². The van der Waals surface area contributed by atoms with Gasteiger partial charge in [0, 0.05) is 11.8 Å². The van der Waals surface area contributed by atoms with E-state index in [0.29, 0.717) is 11.7 Å². The molecule has 20 heavy (non-hydrogen) atoms. The number of nitrogens with zero attached hydrogens (tertiary/aromatic N) is 3. The number of para-hydroxylation sites is 1. The summed E-state index contributed by atoms with van der Waals surface area (Å²) in [5.74, 6) is 0.883. The van der Waals surface area contributed by atoms with Crippen molar-refractivity contribution in [3.63, 3.8) is 0 Å². The van der Waals surface area contributed by atoms with Crippen LogP contribution in [0.15, 0.2) is 41.2 Å². The Morgan fingerprint density at radius 1 is 1.25 bits per heavy atom. The van der Waals surface area contributed by atoms with Gasteiger partial charge in [-0.3, -0.25) is 9.89 Å². The highest BCUT2D eigenvalue weighted by Crippen LogP contribution is 2.12. The lowest BCUT2D eigenvalue weighted by Gasteiger charge is -1.99. The van der Waals surface area contributed by atoms with Gasteiger partial charge in [-0.05, 0) is 18.6 Å². The van der Waals surface area contributed by atoms with E-state index in [0.717, 1.165) is 24.2 Å². The molecule has 0 aliphatic heterocycles. The molecule has 0 unspecified atom stereocenters. The van der Waals surface area contributed by atoms with Crippen LogP contribution in [0.1, 0.15) is 19.0 Å². The van der Waals surface area contributed by atoms with Crippen LogP contribution in [0.4, 0.5) is 11.6 Å². The fourth-order valence-corrected chi connectivity index (χ4v) is 2.03. The Morgan fingerprint density at radius 2 is 2.05 bits per heavy atom. The zero-order valence-corrected chi connectivity index (χ0v) is 11.1. The van der Waals surface area contributed by atoms with Crippen LogP contribution in [0.25, 0.3) is 5.78 Å². The number of rotatable bonds is 4. The molecule has 102 valence electrons. The van der Waals surface area contributed by atoms with Gasteiger partial charge in [0.25, 0.3) is 11.3 Å². The number of fused-ring (bicyclic) bond motifs is 1. The summed E-state index contributed by atoms with van der Waals surface area (Å²) in [6.45, 7) is 2.05. The maximum absolute atomic E-state index is 12.0. The molecule has 6 nitrogen and oxygen atoms in total. The first kappa shape index (κ1) is 12.4. The highest BCUT2D eigenvalue weighted by molar-refractivity contribution is 5.54. The fourth-order valence-electron chi connectivity index (χ4n) is 2.03. The molecule has 2 N–H and O–H groups in total. The molecule has 0 atom stereocenters. The van der Waals surface area contributed by atoms with Crippen molar-refractivity contribution in [2.45, 2.75) is 19.8 Å². The number of anilines is 2. The van der Waals surface area contributed by atoms with Gasteiger partial charge in [-0.1, -0.05) is 31.5 Å². The molecule has 1 aromatic carbocycles. The third-order valence-corrected chi connectivity index (χ3v) is 2.93. The minimum Gasteiger partial charge on any atom is -0.325 e. The Labute approximate surface area is 115 Å². The van der Waals surface area contributed by atoms with Gasteiger partial charge in [-0.25, -0.2) is 4.98 Å². The number of H-pyrrole nitrogens is 1. The predicted molar refractivity (Wildman–Crippen MR) is 77.3 cm³/mol. The summed E-state index contributed by atoms with van der Waals surface area (Å²) in [5.41, 5.74) is 1.52. The minimum absolute atomic E-state index is 0.146. The number of benzene rings is 1. The van der Waals surface area contributed by atoms with Crippen LogP contribution in [0.2, 0.25) is 0 Å². The van der Waals surface area contributed by atoms with Crippen LogP contribution in [-0.2, 0) is 6.42 Å². The molecule has 0 aliphatic carbocycles. The van der Waals surface area contributed by atoms with Crippen LogP contribution in [0.3, 0.4) is 0 Å². The third-order valence-electron chi connectivity index (χ3n) is 2.93. The Bertz CT molecular complexity index is 775. The molecule has 0 aliphatic rings. The second-order valence-electron chi connectivity index (χ2n) is 4.53. The smallest absolute Gasteiger partial charge is 0.274 e. The normalized spacial score (nSPS) is 10.8. The van der Waals surface area contributed by atoms with Gasteiger partial charge in [0.2, 0.25) is 5.95 Å². The number of hydrogen-bond donors (Lipinski definition) is 2. The molecular weight excluding hydrogens is 254 g/mol. The van der Waals surface area contributed by atoms with E-state index in [-0.39, 0.29) is 5.56 Å². The SMILES string of the molecule is CCCc1cc(=O)n2[nH]c(Nc3ccccc3)nc2n1. The lowest BCUT2D eigenvalue weighted by atomic mass is 10.2. The second-order valence-corrected chi connectivity index (χ2v) is 4.53. The zero-order chi connectivity index (χ0) is 13.9. The average Bonchev–Trinajstić information content (AvgIpc) is 2.83. The first-order valence-corrected chi connectivity index (χ1v) is 6.57. The monoisotopic (exact) mass is 269 g/mol. The molecule has 3 aromatic rings. The van der Waals surface area contributed by atoms with Crippen LogP contribution in [-0.4, -0.2) is 19.6 Å². The van der Waals surface area contributed by atoms with Crippen LogP contribution >= 0.6 is 0 Å². The van der Waals surface area contributed by atoms with E-state index in [1.807, 2.05) is 30.3 Å². The molecule has 0 saturated carbocycles. The van der Waals surface area contributed by atoms with E-state index in [1.54, 1.807) is 6.07 Å². The van der Waals surface area contributed by atoms with E-state index in [1.165, 1.54) is 4.52 Å². The molecule has 0 spiro atoms. The van der Waals surface area contributed by atoms with Crippen molar-refractivity contribution in [2.24, 2.45) is 0 Å². The molecule has 6 heteroatoms. The van der Waals surface area contributed by atoms with Crippen molar-refractivity contribution in [1.29, 1.82) is 0 Å². The van der Waals surface area contributed by atoms with Crippen molar-refractivity contribution in [3.05, 3.63) is 52.4 Å². The second kappa shape index (κ2) is 5.16. The topological polar surface area (TPSA) is 75.1 Å². The predicted octanol–water partition coefficient (Wildman–Crippen LogP) is 2.11. The Balaban J connectivity index is 1.98. The molecule has 0 amide bonds.